The molecular formula is C23H22N2O4. The molecule has 148 valence electrons. The third kappa shape index (κ3) is 6.10. The molecule has 0 heterocycles. The molecule has 29 heavy (non-hydrogen) atoms. The molecule has 0 aliphatic heterocycles. The Kier molecular flexibility index (Phi) is 6.84. The number of benzene rings is 3. The summed E-state index contributed by atoms with van der Waals surface area (Å²) in [7, 11) is 0. The molecule has 6 heteroatoms. The summed E-state index contributed by atoms with van der Waals surface area (Å²) < 4.78 is 11.4. The highest BCUT2D eigenvalue weighted by atomic mass is 16.5. The van der Waals surface area contributed by atoms with Crippen molar-refractivity contribution in [1.29, 1.82) is 0 Å². The van der Waals surface area contributed by atoms with Crippen molar-refractivity contribution < 1.29 is 19.1 Å². The fraction of sp³-hybridized carbons (Fsp3) is 0.130. The lowest BCUT2D eigenvalue weighted by atomic mass is 10.1. The van der Waals surface area contributed by atoms with Gasteiger partial charge in [-0.1, -0.05) is 36.4 Å². The molecule has 6 nitrogen and oxygen atoms in total. The number of para-hydroxylation sites is 2. The maximum Gasteiger partial charge on any atom is 0.259 e. The largest absolute Gasteiger partial charge is 0.490 e. The van der Waals surface area contributed by atoms with Gasteiger partial charge in [-0.25, -0.2) is 0 Å². The second-order valence-electron chi connectivity index (χ2n) is 6.22. The summed E-state index contributed by atoms with van der Waals surface area (Å²) in [6, 6.07) is 23.4. The van der Waals surface area contributed by atoms with Crippen LogP contribution in [0.2, 0.25) is 0 Å². The van der Waals surface area contributed by atoms with Crippen LogP contribution in [-0.4, -0.2) is 25.0 Å². The first-order chi connectivity index (χ1) is 14.1. The van der Waals surface area contributed by atoms with Gasteiger partial charge < -0.3 is 20.1 Å². The Morgan fingerprint density at radius 1 is 0.759 bits per heavy atom. The Morgan fingerprint density at radius 3 is 2.17 bits per heavy atom. The Hall–Kier alpha value is -3.80. The van der Waals surface area contributed by atoms with Crippen LogP contribution in [0.4, 0.5) is 11.4 Å². The molecule has 2 N–H and O–H groups in total. The molecule has 0 bridgehead atoms. The molecule has 0 unspecified atom stereocenters. The van der Waals surface area contributed by atoms with Gasteiger partial charge in [0, 0.05) is 18.3 Å². The van der Waals surface area contributed by atoms with E-state index in [0.29, 0.717) is 35.9 Å². The normalized spacial score (nSPS) is 10.1. The van der Waals surface area contributed by atoms with Crippen molar-refractivity contribution in [3.63, 3.8) is 0 Å². The molecule has 0 radical (unpaired) electrons. The quantitative estimate of drug-likeness (QED) is 0.561. The third-order valence-electron chi connectivity index (χ3n) is 3.93. The van der Waals surface area contributed by atoms with Gasteiger partial charge in [-0.2, -0.15) is 0 Å². The van der Waals surface area contributed by atoms with Crippen LogP contribution in [0.15, 0.2) is 78.9 Å². The second kappa shape index (κ2) is 9.94. The SMILES string of the molecule is CC(=O)Nc1cccc(NC(=O)c2ccccc2OCCOc2ccccc2)c1. The first-order valence-corrected chi connectivity index (χ1v) is 9.20. The van der Waals surface area contributed by atoms with Crippen molar-refractivity contribution in [2.75, 3.05) is 23.8 Å². The number of carbonyl (C=O) groups is 2. The van der Waals surface area contributed by atoms with Gasteiger partial charge in [-0.15, -0.1) is 0 Å². The lowest BCUT2D eigenvalue weighted by molar-refractivity contribution is -0.114. The summed E-state index contributed by atoms with van der Waals surface area (Å²) in [6.45, 7) is 2.09. The summed E-state index contributed by atoms with van der Waals surface area (Å²) in [6.07, 6.45) is 0. The van der Waals surface area contributed by atoms with Gasteiger partial charge in [-0.3, -0.25) is 9.59 Å². The maximum absolute atomic E-state index is 12.7. The molecule has 0 fully saturated rings. The summed E-state index contributed by atoms with van der Waals surface area (Å²) in [5, 5.41) is 5.52. The third-order valence-corrected chi connectivity index (χ3v) is 3.93. The first-order valence-electron chi connectivity index (χ1n) is 9.20. The summed E-state index contributed by atoms with van der Waals surface area (Å²) in [5.74, 6) is 0.760. The Bertz CT molecular complexity index is 973. The predicted octanol–water partition coefficient (Wildman–Crippen LogP) is 4.36. The van der Waals surface area contributed by atoms with Crippen LogP contribution in [0.3, 0.4) is 0 Å². The zero-order valence-corrected chi connectivity index (χ0v) is 16.1. The van der Waals surface area contributed by atoms with Crippen molar-refractivity contribution in [3.8, 4) is 11.5 Å². The van der Waals surface area contributed by atoms with Crippen LogP contribution in [0.25, 0.3) is 0 Å². The minimum Gasteiger partial charge on any atom is -0.490 e. The number of amides is 2. The summed E-state index contributed by atoms with van der Waals surface area (Å²) >= 11 is 0. The number of ether oxygens (including phenoxy) is 2. The zero-order valence-electron chi connectivity index (χ0n) is 16.1. The van der Waals surface area contributed by atoms with E-state index in [4.69, 9.17) is 9.47 Å². The lowest BCUT2D eigenvalue weighted by Gasteiger charge is -2.13. The molecule has 0 aliphatic carbocycles. The molecule has 2 amide bonds. The molecule has 0 atom stereocenters. The standard InChI is InChI=1S/C23H22N2O4/c1-17(26)24-18-8-7-9-19(16-18)25-23(27)21-12-5-6-13-22(21)29-15-14-28-20-10-3-2-4-11-20/h2-13,16H,14-15H2,1H3,(H,24,26)(H,25,27). The number of nitrogens with one attached hydrogen (secondary N) is 2. The smallest absolute Gasteiger partial charge is 0.259 e. The summed E-state index contributed by atoms with van der Waals surface area (Å²) in [4.78, 5) is 23.9. The number of hydrogen-bond donors (Lipinski definition) is 2. The first kappa shape index (κ1) is 19.9. The van der Waals surface area contributed by atoms with E-state index >= 15 is 0 Å². The minimum atomic E-state index is -0.301. The van der Waals surface area contributed by atoms with Crippen LogP contribution < -0.4 is 20.1 Å². The number of hydrogen-bond acceptors (Lipinski definition) is 4. The van der Waals surface area contributed by atoms with Gasteiger partial charge in [0.25, 0.3) is 5.91 Å². The highest BCUT2D eigenvalue weighted by molar-refractivity contribution is 6.06. The Morgan fingerprint density at radius 2 is 1.41 bits per heavy atom. The average Bonchev–Trinajstić information content (AvgIpc) is 2.72. The monoisotopic (exact) mass is 390 g/mol. The molecule has 0 saturated heterocycles. The Balaban J connectivity index is 1.60. The number of rotatable bonds is 8. The summed E-state index contributed by atoms with van der Waals surface area (Å²) in [5.41, 5.74) is 1.60. The van der Waals surface area contributed by atoms with Gasteiger partial charge >= 0.3 is 0 Å². The highest BCUT2D eigenvalue weighted by Crippen LogP contribution is 2.21. The van der Waals surface area contributed by atoms with Crippen LogP contribution in [-0.2, 0) is 4.79 Å². The Labute approximate surface area is 169 Å². The van der Waals surface area contributed by atoms with Crippen LogP contribution in [0.1, 0.15) is 17.3 Å². The number of anilines is 2. The van der Waals surface area contributed by atoms with Gasteiger partial charge in [-0.05, 0) is 42.5 Å². The van der Waals surface area contributed by atoms with Gasteiger partial charge in [0.05, 0.1) is 5.56 Å². The van der Waals surface area contributed by atoms with E-state index in [1.807, 2.05) is 36.4 Å². The molecule has 3 aromatic rings. The fourth-order valence-electron chi connectivity index (χ4n) is 2.68. The average molecular weight is 390 g/mol. The van der Waals surface area contributed by atoms with Crippen molar-refractivity contribution >= 4 is 23.2 Å². The van der Waals surface area contributed by atoms with E-state index in [1.165, 1.54) is 6.92 Å². The highest BCUT2D eigenvalue weighted by Gasteiger charge is 2.13. The fourth-order valence-corrected chi connectivity index (χ4v) is 2.68. The van der Waals surface area contributed by atoms with E-state index in [0.717, 1.165) is 5.75 Å². The van der Waals surface area contributed by atoms with Crippen molar-refractivity contribution in [2.24, 2.45) is 0 Å². The van der Waals surface area contributed by atoms with Crippen LogP contribution >= 0.6 is 0 Å². The maximum atomic E-state index is 12.7. The molecule has 0 aromatic heterocycles. The number of carbonyl (C=O) groups excluding carboxylic acids is 2. The van der Waals surface area contributed by atoms with E-state index in [-0.39, 0.29) is 11.8 Å². The van der Waals surface area contributed by atoms with E-state index < -0.39 is 0 Å². The second-order valence-corrected chi connectivity index (χ2v) is 6.22. The van der Waals surface area contributed by atoms with Crippen molar-refractivity contribution in [3.05, 3.63) is 84.4 Å². The van der Waals surface area contributed by atoms with Crippen molar-refractivity contribution in [1.82, 2.24) is 0 Å². The van der Waals surface area contributed by atoms with Crippen LogP contribution in [0.5, 0.6) is 11.5 Å². The minimum absolute atomic E-state index is 0.176. The molecular weight excluding hydrogens is 368 g/mol. The molecule has 0 saturated carbocycles. The van der Waals surface area contributed by atoms with Gasteiger partial charge in [0.1, 0.15) is 24.7 Å². The van der Waals surface area contributed by atoms with Gasteiger partial charge in [0.15, 0.2) is 0 Å². The molecule has 0 spiro atoms. The topological polar surface area (TPSA) is 76.7 Å². The van der Waals surface area contributed by atoms with E-state index in [1.54, 1.807) is 42.5 Å². The van der Waals surface area contributed by atoms with Gasteiger partial charge in [0.2, 0.25) is 5.91 Å². The predicted molar refractivity (Wildman–Crippen MR) is 113 cm³/mol. The van der Waals surface area contributed by atoms with Crippen molar-refractivity contribution in [2.45, 2.75) is 6.92 Å². The van der Waals surface area contributed by atoms with Crippen LogP contribution in [0, 0.1) is 0 Å². The van der Waals surface area contributed by atoms with E-state index in [9.17, 15) is 9.59 Å². The molecule has 3 rings (SSSR count). The zero-order chi connectivity index (χ0) is 20.5. The van der Waals surface area contributed by atoms with E-state index in [2.05, 4.69) is 10.6 Å². The molecule has 0 aliphatic rings. The molecule has 3 aromatic carbocycles. The lowest BCUT2D eigenvalue weighted by Crippen LogP contribution is -2.16.